The number of rotatable bonds is 3. The lowest BCUT2D eigenvalue weighted by Crippen LogP contribution is -2.45. The molecule has 2 heteroatoms. The smallest absolute Gasteiger partial charge is 0.0416 e. The van der Waals surface area contributed by atoms with Gasteiger partial charge in [-0.2, -0.15) is 0 Å². The minimum Gasteiger partial charge on any atom is -0.381 e. The van der Waals surface area contributed by atoms with Gasteiger partial charge in [0.15, 0.2) is 0 Å². The van der Waals surface area contributed by atoms with Gasteiger partial charge in [0, 0.05) is 17.8 Å². The SMILES string of the molecule is CN(C)C1CCCCC1Nc1ccccc1. The lowest BCUT2D eigenvalue weighted by Gasteiger charge is -2.37. The Kier molecular flexibility index (Phi) is 3.83. The van der Waals surface area contributed by atoms with Crippen LogP contribution in [0.2, 0.25) is 0 Å². The molecule has 1 N–H and O–H groups in total. The number of anilines is 1. The number of para-hydroxylation sites is 1. The topological polar surface area (TPSA) is 15.3 Å². The Morgan fingerprint density at radius 3 is 2.44 bits per heavy atom. The summed E-state index contributed by atoms with van der Waals surface area (Å²) in [5.74, 6) is 0. The second-order valence-corrected chi connectivity index (χ2v) is 4.93. The summed E-state index contributed by atoms with van der Waals surface area (Å²) in [6.07, 6.45) is 5.33. The predicted octanol–water partition coefficient (Wildman–Crippen LogP) is 2.97. The first kappa shape index (κ1) is 11.5. The minimum absolute atomic E-state index is 0.603. The molecule has 1 aliphatic carbocycles. The Morgan fingerprint density at radius 2 is 1.75 bits per heavy atom. The van der Waals surface area contributed by atoms with Crippen LogP contribution in [-0.2, 0) is 0 Å². The summed E-state index contributed by atoms with van der Waals surface area (Å²) in [6, 6.07) is 11.8. The first-order chi connectivity index (χ1) is 7.77. The predicted molar refractivity (Wildman–Crippen MR) is 69.8 cm³/mol. The summed E-state index contributed by atoms with van der Waals surface area (Å²) in [6.45, 7) is 0. The van der Waals surface area contributed by atoms with Crippen LogP contribution in [0.1, 0.15) is 25.7 Å². The highest BCUT2D eigenvalue weighted by Crippen LogP contribution is 2.24. The molecule has 0 heterocycles. The molecule has 0 bridgehead atoms. The van der Waals surface area contributed by atoms with E-state index in [1.165, 1.54) is 31.4 Å². The molecule has 88 valence electrons. The van der Waals surface area contributed by atoms with Gasteiger partial charge in [-0.25, -0.2) is 0 Å². The molecule has 1 saturated carbocycles. The Hall–Kier alpha value is -1.02. The van der Waals surface area contributed by atoms with Gasteiger partial charge in [-0.15, -0.1) is 0 Å². The van der Waals surface area contributed by atoms with Gasteiger partial charge in [-0.05, 0) is 39.1 Å². The molecule has 2 rings (SSSR count). The van der Waals surface area contributed by atoms with E-state index in [-0.39, 0.29) is 0 Å². The van der Waals surface area contributed by atoms with E-state index in [9.17, 15) is 0 Å². The van der Waals surface area contributed by atoms with Crippen molar-refractivity contribution in [3.8, 4) is 0 Å². The van der Waals surface area contributed by atoms with Gasteiger partial charge < -0.3 is 10.2 Å². The molecule has 0 aliphatic heterocycles. The van der Waals surface area contributed by atoms with Gasteiger partial charge in [-0.3, -0.25) is 0 Å². The summed E-state index contributed by atoms with van der Waals surface area (Å²) in [5, 5.41) is 3.67. The molecule has 1 aromatic carbocycles. The van der Waals surface area contributed by atoms with Crippen LogP contribution in [0.3, 0.4) is 0 Å². The number of nitrogens with zero attached hydrogens (tertiary/aromatic N) is 1. The molecular formula is C14H22N2. The zero-order valence-electron chi connectivity index (χ0n) is 10.3. The Bertz CT molecular complexity index is 308. The van der Waals surface area contributed by atoms with Gasteiger partial charge in [0.2, 0.25) is 0 Å². The van der Waals surface area contributed by atoms with E-state index >= 15 is 0 Å². The van der Waals surface area contributed by atoms with Gasteiger partial charge in [0.1, 0.15) is 0 Å². The molecule has 0 saturated heterocycles. The molecule has 2 nitrogen and oxygen atoms in total. The average molecular weight is 218 g/mol. The third-order valence-corrected chi connectivity index (χ3v) is 3.52. The van der Waals surface area contributed by atoms with E-state index in [4.69, 9.17) is 0 Å². The van der Waals surface area contributed by atoms with Gasteiger partial charge in [0.05, 0.1) is 0 Å². The highest BCUT2D eigenvalue weighted by molar-refractivity contribution is 5.43. The molecule has 2 atom stereocenters. The van der Waals surface area contributed by atoms with E-state index in [0.717, 1.165) is 0 Å². The van der Waals surface area contributed by atoms with Crippen LogP contribution in [0, 0.1) is 0 Å². The van der Waals surface area contributed by atoms with Gasteiger partial charge in [0.25, 0.3) is 0 Å². The maximum atomic E-state index is 3.67. The third kappa shape index (κ3) is 2.76. The lowest BCUT2D eigenvalue weighted by molar-refractivity contribution is 0.211. The van der Waals surface area contributed by atoms with Crippen LogP contribution < -0.4 is 5.32 Å². The van der Waals surface area contributed by atoms with Crippen molar-refractivity contribution in [1.29, 1.82) is 0 Å². The number of hydrogen-bond acceptors (Lipinski definition) is 2. The van der Waals surface area contributed by atoms with Crippen molar-refractivity contribution in [3.05, 3.63) is 30.3 Å². The van der Waals surface area contributed by atoms with Crippen molar-refractivity contribution >= 4 is 5.69 Å². The minimum atomic E-state index is 0.603. The summed E-state index contributed by atoms with van der Waals surface area (Å²) >= 11 is 0. The summed E-state index contributed by atoms with van der Waals surface area (Å²) in [7, 11) is 4.38. The first-order valence-corrected chi connectivity index (χ1v) is 6.25. The standard InChI is InChI=1S/C14H22N2/c1-16(2)14-11-7-6-10-13(14)15-12-8-4-3-5-9-12/h3-5,8-9,13-15H,6-7,10-11H2,1-2H3. The average Bonchev–Trinajstić information content (AvgIpc) is 2.31. The molecule has 1 fully saturated rings. The van der Waals surface area contributed by atoms with Crippen LogP contribution in [0.25, 0.3) is 0 Å². The van der Waals surface area contributed by atoms with Crippen LogP contribution in [0.15, 0.2) is 30.3 Å². The Labute approximate surface area is 98.7 Å². The highest BCUT2D eigenvalue weighted by Gasteiger charge is 2.26. The molecule has 0 aromatic heterocycles. The first-order valence-electron chi connectivity index (χ1n) is 6.25. The fourth-order valence-corrected chi connectivity index (χ4v) is 2.65. The van der Waals surface area contributed by atoms with Crippen LogP contribution in [0.5, 0.6) is 0 Å². The second-order valence-electron chi connectivity index (χ2n) is 4.93. The number of benzene rings is 1. The lowest BCUT2D eigenvalue weighted by atomic mass is 9.89. The molecule has 0 spiro atoms. The van der Waals surface area contributed by atoms with Crippen molar-refractivity contribution in [2.45, 2.75) is 37.8 Å². The number of hydrogen-bond donors (Lipinski definition) is 1. The van der Waals surface area contributed by atoms with E-state index in [1.807, 2.05) is 0 Å². The largest absolute Gasteiger partial charge is 0.381 e. The number of likely N-dealkylation sites (N-methyl/N-ethyl adjacent to an activating group) is 1. The monoisotopic (exact) mass is 218 g/mol. The van der Waals surface area contributed by atoms with Crippen molar-refractivity contribution in [1.82, 2.24) is 4.90 Å². The maximum Gasteiger partial charge on any atom is 0.0416 e. The summed E-state index contributed by atoms with van der Waals surface area (Å²) in [4.78, 5) is 2.36. The molecule has 0 amide bonds. The van der Waals surface area contributed by atoms with Crippen molar-refractivity contribution < 1.29 is 0 Å². The highest BCUT2D eigenvalue weighted by atomic mass is 15.1. The molecule has 0 radical (unpaired) electrons. The van der Waals surface area contributed by atoms with E-state index in [2.05, 4.69) is 54.6 Å². The quantitative estimate of drug-likeness (QED) is 0.839. The molecule has 1 aliphatic rings. The van der Waals surface area contributed by atoms with Crippen LogP contribution >= 0.6 is 0 Å². The molecule has 16 heavy (non-hydrogen) atoms. The second kappa shape index (κ2) is 5.35. The normalized spacial score (nSPS) is 25.7. The van der Waals surface area contributed by atoms with Gasteiger partial charge >= 0.3 is 0 Å². The van der Waals surface area contributed by atoms with Crippen LogP contribution in [0.4, 0.5) is 5.69 Å². The maximum absolute atomic E-state index is 3.67. The zero-order chi connectivity index (χ0) is 11.4. The molecule has 1 aromatic rings. The molecule has 2 unspecified atom stereocenters. The van der Waals surface area contributed by atoms with Crippen molar-refractivity contribution in [2.24, 2.45) is 0 Å². The molecular weight excluding hydrogens is 196 g/mol. The Morgan fingerprint density at radius 1 is 1.06 bits per heavy atom. The van der Waals surface area contributed by atoms with E-state index < -0.39 is 0 Å². The zero-order valence-corrected chi connectivity index (χ0v) is 10.3. The summed E-state index contributed by atoms with van der Waals surface area (Å²) in [5.41, 5.74) is 1.25. The van der Waals surface area contributed by atoms with Crippen molar-refractivity contribution in [2.75, 3.05) is 19.4 Å². The van der Waals surface area contributed by atoms with Gasteiger partial charge in [-0.1, -0.05) is 31.0 Å². The van der Waals surface area contributed by atoms with Crippen LogP contribution in [-0.4, -0.2) is 31.1 Å². The fourth-order valence-electron chi connectivity index (χ4n) is 2.65. The summed E-state index contributed by atoms with van der Waals surface area (Å²) < 4.78 is 0. The van der Waals surface area contributed by atoms with Crippen molar-refractivity contribution in [3.63, 3.8) is 0 Å². The van der Waals surface area contributed by atoms with E-state index in [1.54, 1.807) is 0 Å². The fraction of sp³-hybridized carbons (Fsp3) is 0.571. The third-order valence-electron chi connectivity index (χ3n) is 3.52. The van der Waals surface area contributed by atoms with E-state index in [0.29, 0.717) is 12.1 Å². The number of nitrogens with one attached hydrogen (secondary N) is 1. The Balaban J connectivity index is 2.01.